The summed E-state index contributed by atoms with van der Waals surface area (Å²) in [5.74, 6) is 0.933. The third kappa shape index (κ3) is 5.01. The number of rotatable bonds is 6. The quantitative estimate of drug-likeness (QED) is 0.779. The molecule has 2 aromatic rings. The van der Waals surface area contributed by atoms with Crippen molar-refractivity contribution in [2.75, 3.05) is 26.8 Å². The van der Waals surface area contributed by atoms with Gasteiger partial charge in [-0.2, -0.15) is 0 Å². The van der Waals surface area contributed by atoms with Crippen LogP contribution in [0.2, 0.25) is 0 Å². The summed E-state index contributed by atoms with van der Waals surface area (Å²) in [6.07, 6.45) is 3.68. The summed E-state index contributed by atoms with van der Waals surface area (Å²) in [5.41, 5.74) is 1.92. The van der Waals surface area contributed by atoms with Crippen molar-refractivity contribution in [3.63, 3.8) is 0 Å². The molecule has 1 aliphatic heterocycles. The molecule has 0 bridgehead atoms. The molecule has 27 heavy (non-hydrogen) atoms. The van der Waals surface area contributed by atoms with Crippen molar-refractivity contribution in [3.05, 3.63) is 53.4 Å². The summed E-state index contributed by atoms with van der Waals surface area (Å²) >= 11 is 0. The van der Waals surface area contributed by atoms with Gasteiger partial charge in [0.05, 0.1) is 12.3 Å². The lowest BCUT2D eigenvalue weighted by atomic mass is 9.92. The Bertz CT molecular complexity index is 783. The summed E-state index contributed by atoms with van der Waals surface area (Å²) in [4.78, 5) is 23.2. The molecule has 2 heterocycles. The number of likely N-dealkylation sites (tertiary alicyclic amines) is 1. The first-order valence-corrected chi connectivity index (χ1v) is 9.04. The maximum absolute atomic E-state index is 12.9. The monoisotopic (exact) mass is 373 g/mol. The maximum Gasteiger partial charge on any atom is 0.260 e. The lowest BCUT2D eigenvalue weighted by molar-refractivity contribution is -0.134. The van der Waals surface area contributed by atoms with E-state index < -0.39 is 0 Å². The van der Waals surface area contributed by atoms with Gasteiger partial charge in [-0.05, 0) is 44.0 Å². The smallest absolute Gasteiger partial charge is 0.260 e. The summed E-state index contributed by atoms with van der Waals surface area (Å²) in [6, 6.07) is 5.65. The third-order valence-electron chi connectivity index (χ3n) is 4.66. The lowest BCUT2D eigenvalue weighted by Gasteiger charge is -2.33. The van der Waals surface area contributed by atoms with E-state index in [-0.39, 0.29) is 24.2 Å². The van der Waals surface area contributed by atoms with Crippen LogP contribution in [-0.2, 0) is 16.1 Å². The molecule has 1 aliphatic rings. The molecule has 0 saturated carbocycles. The van der Waals surface area contributed by atoms with Crippen LogP contribution in [-0.4, -0.2) is 47.6 Å². The SMILES string of the molecule is COCc1cnc(C)nc1C1CCCN(C(=O)COc2ccc(F)cc2)C1. The van der Waals surface area contributed by atoms with Gasteiger partial charge in [-0.3, -0.25) is 4.79 Å². The van der Waals surface area contributed by atoms with Gasteiger partial charge in [0, 0.05) is 37.9 Å². The molecule has 0 aliphatic carbocycles. The van der Waals surface area contributed by atoms with Crippen molar-refractivity contribution in [2.24, 2.45) is 0 Å². The predicted molar refractivity (Wildman–Crippen MR) is 97.9 cm³/mol. The average Bonchev–Trinajstić information content (AvgIpc) is 2.69. The van der Waals surface area contributed by atoms with Crippen LogP contribution in [0.4, 0.5) is 4.39 Å². The Morgan fingerprint density at radius 1 is 1.33 bits per heavy atom. The Balaban J connectivity index is 1.64. The summed E-state index contributed by atoms with van der Waals surface area (Å²) in [7, 11) is 1.65. The second-order valence-electron chi connectivity index (χ2n) is 6.68. The highest BCUT2D eigenvalue weighted by Crippen LogP contribution is 2.28. The van der Waals surface area contributed by atoms with Crippen molar-refractivity contribution in [2.45, 2.75) is 32.3 Å². The fraction of sp³-hybridized carbons (Fsp3) is 0.450. The minimum absolute atomic E-state index is 0.0634. The van der Waals surface area contributed by atoms with Crippen molar-refractivity contribution < 1.29 is 18.7 Å². The number of carbonyl (C=O) groups excluding carboxylic acids is 1. The van der Waals surface area contributed by atoms with Gasteiger partial charge in [-0.25, -0.2) is 14.4 Å². The molecule has 1 amide bonds. The molecule has 7 heteroatoms. The molecule has 3 rings (SSSR count). The molecule has 0 spiro atoms. The van der Waals surface area contributed by atoms with Gasteiger partial charge in [-0.1, -0.05) is 0 Å². The second kappa shape index (κ2) is 8.90. The van der Waals surface area contributed by atoms with Gasteiger partial charge in [-0.15, -0.1) is 0 Å². The highest BCUT2D eigenvalue weighted by Gasteiger charge is 2.27. The number of nitrogens with zero attached hydrogens (tertiary/aromatic N) is 3. The van der Waals surface area contributed by atoms with Gasteiger partial charge in [0.2, 0.25) is 0 Å². The van der Waals surface area contributed by atoms with Crippen LogP contribution in [0.3, 0.4) is 0 Å². The number of hydrogen-bond acceptors (Lipinski definition) is 5. The number of amides is 1. The molecule has 1 aromatic carbocycles. The number of aryl methyl sites for hydroxylation is 1. The zero-order valence-electron chi connectivity index (χ0n) is 15.7. The number of carbonyl (C=O) groups is 1. The van der Waals surface area contributed by atoms with E-state index in [1.165, 1.54) is 24.3 Å². The highest BCUT2D eigenvalue weighted by molar-refractivity contribution is 5.78. The van der Waals surface area contributed by atoms with Crippen LogP contribution in [0.1, 0.15) is 35.8 Å². The van der Waals surface area contributed by atoms with E-state index in [0.717, 1.165) is 24.1 Å². The van der Waals surface area contributed by atoms with Crippen LogP contribution in [0, 0.1) is 12.7 Å². The van der Waals surface area contributed by atoms with Crippen LogP contribution in [0.5, 0.6) is 5.75 Å². The first-order chi connectivity index (χ1) is 13.1. The molecule has 0 radical (unpaired) electrons. The number of piperidine rings is 1. The minimum atomic E-state index is -0.334. The first kappa shape index (κ1) is 19.2. The Labute approximate surface area is 158 Å². The molecule has 6 nitrogen and oxygen atoms in total. The Morgan fingerprint density at radius 2 is 2.11 bits per heavy atom. The minimum Gasteiger partial charge on any atom is -0.484 e. The number of aromatic nitrogens is 2. The predicted octanol–water partition coefficient (Wildman–Crippen LogP) is 2.86. The van der Waals surface area contributed by atoms with Gasteiger partial charge in [0.1, 0.15) is 17.4 Å². The maximum atomic E-state index is 12.9. The molecule has 1 atom stereocenters. The topological polar surface area (TPSA) is 64.6 Å². The standard InChI is InChI=1S/C20H24FN3O3/c1-14-22-10-16(12-26-2)20(23-14)15-4-3-9-24(11-15)19(25)13-27-18-7-5-17(21)6-8-18/h5-8,10,15H,3-4,9,11-13H2,1-2H3. The van der Waals surface area contributed by atoms with E-state index in [1.807, 2.05) is 11.8 Å². The fourth-order valence-corrected chi connectivity index (χ4v) is 3.33. The summed E-state index contributed by atoms with van der Waals surface area (Å²) in [5, 5.41) is 0. The molecule has 0 N–H and O–H groups in total. The fourth-order valence-electron chi connectivity index (χ4n) is 3.33. The lowest BCUT2D eigenvalue weighted by Crippen LogP contribution is -2.42. The molecule has 1 unspecified atom stereocenters. The van der Waals surface area contributed by atoms with E-state index in [2.05, 4.69) is 9.97 Å². The molecule has 1 aromatic heterocycles. The second-order valence-corrected chi connectivity index (χ2v) is 6.68. The largest absolute Gasteiger partial charge is 0.484 e. The number of halogens is 1. The molecule has 144 valence electrons. The normalized spacial score (nSPS) is 17.0. The van der Waals surface area contributed by atoms with E-state index in [4.69, 9.17) is 9.47 Å². The molecular formula is C20H24FN3O3. The summed E-state index contributed by atoms with van der Waals surface area (Å²) < 4.78 is 23.7. The van der Waals surface area contributed by atoms with Gasteiger partial charge in [0.15, 0.2) is 6.61 Å². The number of ether oxygens (including phenoxy) is 2. The van der Waals surface area contributed by atoms with Crippen LogP contribution in [0.15, 0.2) is 30.5 Å². The summed E-state index contributed by atoms with van der Waals surface area (Å²) in [6.45, 7) is 3.55. The Morgan fingerprint density at radius 3 is 2.85 bits per heavy atom. The van der Waals surface area contributed by atoms with Gasteiger partial charge in [0.25, 0.3) is 5.91 Å². The zero-order chi connectivity index (χ0) is 19.2. The van der Waals surface area contributed by atoms with Crippen molar-refractivity contribution in [1.82, 2.24) is 14.9 Å². The van der Waals surface area contributed by atoms with E-state index >= 15 is 0 Å². The Kier molecular flexibility index (Phi) is 6.34. The van der Waals surface area contributed by atoms with Crippen molar-refractivity contribution in [3.8, 4) is 5.75 Å². The van der Waals surface area contributed by atoms with E-state index in [0.29, 0.717) is 31.3 Å². The van der Waals surface area contributed by atoms with Crippen molar-refractivity contribution >= 4 is 5.91 Å². The molecule has 1 fully saturated rings. The van der Waals surface area contributed by atoms with Crippen LogP contribution < -0.4 is 4.74 Å². The van der Waals surface area contributed by atoms with Crippen molar-refractivity contribution in [1.29, 1.82) is 0 Å². The number of hydrogen-bond donors (Lipinski definition) is 0. The highest BCUT2D eigenvalue weighted by atomic mass is 19.1. The third-order valence-corrected chi connectivity index (χ3v) is 4.66. The Hall–Kier alpha value is -2.54. The van der Waals surface area contributed by atoms with Crippen LogP contribution >= 0.6 is 0 Å². The molecule has 1 saturated heterocycles. The average molecular weight is 373 g/mol. The van der Waals surface area contributed by atoms with Gasteiger partial charge >= 0.3 is 0 Å². The van der Waals surface area contributed by atoms with E-state index in [1.54, 1.807) is 13.3 Å². The number of methoxy groups -OCH3 is 1. The van der Waals surface area contributed by atoms with E-state index in [9.17, 15) is 9.18 Å². The number of benzene rings is 1. The van der Waals surface area contributed by atoms with Gasteiger partial charge < -0.3 is 14.4 Å². The van der Waals surface area contributed by atoms with Crippen LogP contribution in [0.25, 0.3) is 0 Å². The molecular weight excluding hydrogens is 349 g/mol. The zero-order valence-corrected chi connectivity index (χ0v) is 15.7. The first-order valence-electron chi connectivity index (χ1n) is 9.04.